The van der Waals surface area contributed by atoms with E-state index < -0.39 is 5.41 Å². The van der Waals surface area contributed by atoms with Crippen molar-refractivity contribution >= 4 is 11.8 Å². The van der Waals surface area contributed by atoms with Crippen molar-refractivity contribution in [3.05, 3.63) is 59.4 Å². The summed E-state index contributed by atoms with van der Waals surface area (Å²) in [4.78, 5) is 28.8. The first-order valence-corrected chi connectivity index (χ1v) is 7.08. The lowest BCUT2D eigenvalue weighted by Crippen LogP contribution is -2.26. The highest BCUT2D eigenvalue weighted by atomic mass is 16.5. The predicted molar refractivity (Wildman–Crippen MR) is 83.9 cm³/mol. The summed E-state index contributed by atoms with van der Waals surface area (Å²) in [6.45, 7) is 7.12. The van der Waals surface area contributed by atoms with Gasteiger partial charge in [0.05, 0.1) is 11.0 Å². The van der Waals surface area contributed by atoms with Gasteiger partial charge < -0.3 is 4.74 Å². The van der Waals surface area contributed by atoms with E-state index in [0.717, 1.165) is 5.56 Å². The predicted octanol–water partition coefficient (Wildman–Crippen LogP) is 3.57. The van der Waals surface area contributed by atoms with Crippen molar-refractivity contribution < 1.29 is 14.3 Å². The van der Waals surface area contributed by atoms with Crippen molar-refractivity contribution in [1.82, 2.24) is 4.98 Å². The van der Waals surface area contributed by atoms with Gasteiger partial charge >= 0.3 is 5.97 Å². The average molecular weight is 297 g/mol. The van der Waals surface area contributed by atoms with Crippen LogP contribution in [0, 0.1) is 12.3 Å². The first kappa shape index (κ1) is 15.9. The molecule has 22 heavy (non-hydrogen) atoms. The Bertz CT molecular complexity index is 700. The van der Waals surface area contributed by atoms with Crippen molar-refractivity contribution in [2.75, 3.05) is 0 Å². The molecule has 0 spiro atoms. The van der Waals surface area contributed by atoms with E-state index in [1.54, 1.807) is 57.3 Å². The van der Waals surface area contributed by atoms with Gasteiger partial charge in [-0.3, -0.25) is 14.6 Å². The van der Waals surface area contributed by atoms with E-state index in [9.17, 15) is 9.59 Å². The molecule has 0 saturated heterocycles. The van der Waals surface area contributed by atoms with Crippen LogP contribution in [0.1, 0.15) is 42.4 Å². The minimum absolute atomic E-state index is 0.254. The van der Waals surface area contributed by atoms with Crippen molar-refractivity contribution in [3.8, 4) is 5.75 Å². The van der Waals surface area contributed by atoms with Crippen LogP contribution in [0.15, 0.2) is 42.6 Å². The number of benzene rings is 1. The smallest absolute Gasteiger partial charge is 0.316 e. The summed E-state index contributed by atoms with van der Waals surface area (Å²) in [5.74, 6) is -0.362. The normalized spacial score (nSPS) is 11.1. The van der Waals surface area contributed by atoms with Crippen LogP contribution in [-0.2, 0) is 4.79 Å². The van der Waals surface area contributed by atoms with E-state index >= 15 is 0 Å². The Balaban J connectivity index is 2.44. The molecule has 2 rings (SSSR count). The average Bonchev–Trinajstić information content (AvgIpc) is 2.47. The van der Waals surface area contributed by atoms with Gasteiger partial charge in [0.15, 0.2) is 0 Å². The summed E-state index contributed by atoms with van der Waals surface area (Å²) in [6, 6.07) is 10.3. The van der Waals surface area contributed by atoms with Crippen LogP contribution in [0.25, 0.3) is 0 Å². The third kappa shape index (κ3) is 3.39. The lowest BCUT2D eigenvalue weighted by Gasteiger charge is -2.18. The highest BCUT2D eigenvalue weighted by molar-refractivity contribution is 6.10. The molecule has 0 amide bonds. The summed E-state index contributed by atoms with van der Waals surface area (Å²) in [6.07, 6.45) is 1.56. The van der Waals surface area contributed by atoms with Crippen LogP contribution in [0.5, 0.6) is 5.75 Å². The molecule has 0 aliphatic rings. The summed E-state index contributed by atoms with van der Waals surface area (Å²) < 4.78 is 5.45. The Morgan fingerprint density at radius 3 is 2.36 bits per heavy atom. The minimum Gasteiger partial charge on any atom is -0.425 e. The maximum atomic E-state index is 12.7. The maximum absolute atomic E-state index is 12.7. The Hall–Kier alpha value is -2.49. The number of ether oxygens (including phenoxy) is 1. The number of carbonyl (C=O) groups is 2. The van der Waals surface area contributed by atoms with Gasteiger partial charge in [0.1, 0.15) is 11.4 Å². The second-order valence-corrected chi connectivity index (χ2v) is 6.13. The number of carbonyl (C=O) groups excluding carboxylic acids is 2. The number of aromatic nitrogens is 1. The molecule has 114 valence electrons. The molecule has 0 unspecified atom stereocenters. The number of aryl methyl sites for hydroxylation is 1. The molecule has 4 nitrogen and oxygen atoms in total. The lowest BCUT2D eigenvalue weighted by atomic mass is 9.97. The van der Waals surface area contributed by atoms with E-state index in [4.69, 9.17) is 4.74 Å². The number of hydrogen-bond acceptors (Lipinski definition) is 4. The van der Waals surface area contributed by atoms with Crippen LogP contribution in [0.4, 0.5) is 0 Å². The summed E-state index contributed by atoms with van der Waals surface area (Å²) in [7, 11) is 0. The molecule has 0 aliphatic carbocycles. The third-order valence-corrected chi connectivity index (χ3v) is 3.17. The molecule has 0 atom stereocenters. The number of hydrogen-bond donors (Lipinski definition) is 0. The quantitative estimate of drug-likeness (QED) is 0.493. The minimum atomic E-state index is -0.644. The molecule has 1 aromatic carbocycles. The van der Waals surface area contributed by atoms with Crippen LogP contribution >= 0.6 is 0 Å². The van der Waals surface area contributed by atoms with Gasteiger partial charge in [0.2, 0.25) is 5.78 Å². The van der Waals surface area contributed by atoms with Crippen LogP contribution in [0.3, 0.4) is 0 Å². The number of esters is 1. The zero-order valence-electron chi connectivity index (χ0n) is 13.2. The molecule has 0 fully saturated rings. The van der Waals surface area contributed by atoms with E-state index in [0.29, 0.717) is 11.3 Å². The van der Waals surface area contributed by atoms with E-state index in [-0.39, 0.29) is 17.5 Å². The molecule has 0 aliphatic heterocycles. The van der Waals surface area contributed by atoms with Crippen LogP contribution < -0.4 is 4.74 Å². The molecule has 1 aromatic heterocycles. The van der Waals surface area contributed by atoms with Crippen LogP contribution in [-0.4, -0.2) is 16.7 Å². The zero-order valence-corrected chi connectivity index (χ0v) is 13.2. The standard InChI is InChI=1S/C18H19NO3/c1-12-8-7-10-14(22-17(21)18(2,3)4)15(12)16(20)13-9-5-6-11-19-13/h5-11H,1-4H3. The van der Waals surface area contributed by atoms with Crippen LogP contribution in [0.2, 0.25) is 0 Å². The highest BCUT2D eigenvalue weighted by Crippen LogP contribution is 2.27. The Morgan fingerprint density at radius 2 is 1.77 bits per heavy atom. The second kappa shape index (κ2) is 6.10. The van der Waals surface area contributed by atoms with Crippen molar-refractivity contribution in [2.24, 2.45) is 5.41 Å². The Kier molecular flexibility index (Phi) is 4.40. The van der Waals surface area contributed by atoms with Crippen molar-refractivity contribution in [1.29, 1.82) is 0 Å². The molecular formula is C18H19NO3. The fourth-order valence-corrected chi connectivity index (χ4v) is 1.89. The van der Waals surface area contributed by atoms with E-state index in [1.807, 2.05) is 13.0 Å². The second-order valence-electron chi connectivity index (χ2n) is 6.13. The topological polar surface area (TPSA) is 56.3 Å². The van der Waals surface area contributed by atoms with Gasteiger partial charge in [0.25, 0.3) is 0 Å². The first-order valence-electron chi connectivity index (χ1n) is 7.08. The molecule has 0 N–H and O–H groups in total. The monoisotopic (exact) mass is 297 g/mol. The molecule has 0 radical (unpaired) electrons. The molecule has 0 bridgehead atoms. The van der Waals surface area contributed by atoms with E-state index in [1.165, 1.54) is 0 Å². The number of rotatable bonds is 3. The fraction of sp³-hybridized carbons (Fsp3) is 0.278. The Labute approximate surface area is 130 Å². The van der Waals surface area contributed by atoms with Gasteiger partial charge in [-0.1, -0.05) is 18.2 Å². The van der Waals surface area contributed by atoms with Gasteiger partial charge in [-0.2, -0.15) is 0 Å². The largest absolute Gasteiger partial charge is 0.425 e. The molecular weight excluding hydrogens is 278 g/mol. The third-order valence-electron chi connectivity index (χ3n) is 3.17. The van der Waals surface area contributed by atoms with Gasteiger partial charge in [0, 0.05) is 6.20 Å². The number of nitrogens with zero attached hydrogens (tertiary/aromatic N) is 1. The fourth-order valence-electron chi connectivity index (χ4n) is 1.89. The number of pyridine rings is 1. The maximum Gasteiger partial charge on any atom is 0.316 e. The molecule has 1 heterocycles. The van der Waals surface area contributed by atoms with E-state index in [2.05, 4.69) is 4.98 Å². The summed E-state index contributed by atoms with van der Waals surface area (Å²) in [5, 5.41) is 0. The SMILES string of the molecule is Cc1cccc(OC(=O)C(C)(C)C)c1C(=O)c1ccccn1. The zero-order chi connectivity index (χ0) is 16.3. The van der Waals surface area contributed by atoms with Gasteiger partial charge in [-0.15, -0.1) is 0 Å². The molecule has 0 saturated carbocycles. The first-order chi connectivity index (χ1) is 10.3. The highest BCUT2D eigenvalue weighted by Gasteiger charge is 2.26. The number of ketones is 1. The summed E-state index contributed by atoms with van der Waals surface area (Å²) in [5.41, 5.74) is 0.799. The van der Waals surface area contributed by atoms with Gasteiger partial charge in [-0.05, 0) is 51.5 Å². The lowest BCUT2D eigenvalue weighted by molar-refractivity contribution is -0.143. The summed E-state index contributed by atoms with van der Waals surface area (Å²) >= 11 is 0. The molecule has 4 heteroatoms. The van der Waals surface area contributed by atoms with Crippen molar-refractivity contribution in [3.63, 3.8) is 0 Å². The van der Waals surface area contributed by atoms with Crippen molar-refractivity contribution in [2.45, 2.75) is 27.7 Å². The molecule has 2 aromatic rings. The van der Waals surface area contributed by atoms with Gasteiger partial charge in [-0.25, -0.2) is 0 Å². The Morgan fingerprint density at radius 1 is 1.05 bits per heavy atom.